The Morgan fingerprint density at radius 1 is 1.26 bits per heavy atom. The van der Waals surface area contributed by atoms with E-state index >= 15 is 0 Å². The number of nitrogens with two attached hydrogens (primary N) is 1. The SMILES string of the molecule is CN(C)C(=O)COC(=O)CCOc1ccccc1N. The van der Waals surface area contributed by atoms with E-state index in [0.29, 0.717) is 11.4 Å². The molecule has 0 aliphatic heterocycles. The van der Waals surface area contributed by atoms with Gasteiger partial charge in [0, 0.05) is 14.1 Å². The van der Waals surface area contributed by atoms with Gasteiger partial charge in [0.15, 0.2) is 6.61 Å². The Balaban J connectivity index is 2.24. The number of likely N-dealkylation sites (N-methyl/N-ethyl adjacent to an activating group) is 1. The Hall–Kier alpha value is -2.24. The van der Waals surface area contributed by atoms with E-state index in [4.69, 9.17) is 15.2 Å². The molecule has 0 saturated heterocycles. The molecular formula is C13H18N2O4. The highest BCUT2D eigenvalue weighted by molar-refractivity contribution is 5.80. The summed E-state index contributed by atoms with van der Waals surface area (Å²) in [6.07, 6.45) is 0.0645. The van der Waals surface area contributed by atoms with Gasteiger partial charge in [0.25, 0.3) is 5.91 Å². The monoisotopic (exact) mass is 266 g/mol. The topological polar surface area (TPSA) is 81.9 Å². The summed E-state index contributed by atoms with van der Waals surface area (Å²) in [5.41, 5.74) is 6.19. The van der Waals surface area contributed by atoms with Crippen molar-refractivity contribution in [2.75, 3.05) is 33.0 Å². The summed E-state index contributed by atoms with van der Waals surface area (Å²) in [7, 11) is 3.19. The van der Waals surface area contributed by atoms with Crippen molar-refractivity contribution in [3.8, 4) is 5.75 Å². The number of ether oxygens (including phenoxy) is 2. The van der Waals surface area contributed by atoms with Crippen LogP contribution in [0.4, 0.5) is 5.69 Å². The average Bonchev–Trinajstić information content (AvgIpc) is 2.38. The Morgan fingerprint density at radius 3 is 2.58 bits per heavy atom. The number of nitrogen functional groups attached to an aromatic ring is 1. The molecule has 0 aliphatic carbocycles. The normalized spacial score (nSPS) is 9.79. The van der Waals surface area contributed by atoms with Gasteiger partial charge in [0.2, 0.25) is 0 Å². The molecule has 6 heteroatoms. The van der Waals surface area contributed by atoms with Gasteiger partial charge in [-0.2, -0.15) is 0 Å². The fraction of sp³-hybridized carbons (Fsp3) is 0.385. The predicted molar refractivity (Wildman–Crippen MR) is 70.6 cm³/mol. The lowest BCUT2D eigenvalue weighted by Crippen LogP contribution is -2.27. The van der Waals surface area contributed by atoms with Crippen molar-refractivity contribution in [3.05, 3.63) is 24.3 Å². The van der Waals surface area contributed by atoms with Gasteiger partial charge in [-0.1, -0.05) is 12.1 Å². The molecule has 1 amide bonds. The number of para-hydroxylation sites is 2. The summed E-state index contributed by atoms with van der Waals surface area (Å²) < 4.78 is 10.1. The largest absolute Gasteiger partial charge is 0.491 e. The quantitative estimate of drug-likeness (QED) is 0.604. The standard InChI is InChI=1S/C13H18N2O4/c1-15(2)12(16)9-19-13(17)7-8-18-11-6-4-3-5-10(11)14/h3-6H,7-9,14H2,1-2H3. The third kappa shape index (κ3) is 5.29. The van der Waals surface area contributed by atoms with Crippen LogP contribution in [0.3, 0.4) is 0 Å². The molecule has 0 aliphatic rings. The van der Waals surface area contributed by atoms with E-state index < -0.39 is 5.97 Å². The lowest BCUT2D eigenvalue weighted by atomic mass is 10.3. The molecule has 0 heterocycles. The number of anilines is 1. The molecular weight excluding hydrogens is 248 g/mol. The van der Waals surface area contributed by atoms with Gasteiger partial charge < -0.3 is 20.1 Å². The van der Waals surface area contributed by atoms with E-state index in [1.54, 1.807) is 38.4 Å². The number of hydrogen-bond donors (Lipinski definition) is 1. The first kappa shape index (κ1) is 14.8. The Bertz CT molecular complexity index is 446. The third-order valence-corrected chi connectivity index (χ3v) is 2.34. The van der Waals surface area contributed by atoms with Crippen LogP contribution in [0.2, 0.25) is 0 Å². The number of carbonyl (C=O) groups is 2. The van der Waals surface area contributed by atoms with Crippen molar-refractivity contribution < 1.29 is 19.1 Å². The molecule has 0 fully saturated rings. The molecule has 0 spiro atoms. The zero-order valence-electron chi connectivity index (χ0n) is 11.1. The number of rotatable bonds is 6. The Labute approximate surface area is 112 Å². The maximum atomic E-state index is 11.3. The maximum absolute atomic E-state index is 11.3. The molecule has 6 nitrogen and oxygen atoms in total. The Kier molecular flexibility index (Phi) is 5.66. The molecule has 0 atom stereocenters. The van der Waals surface area contributed by atoms with Crippen LogP contribution in [0.15, 0.2) is 24.3 Å². The first-order valence-electron chi connectivity index (χ1n) is 5.84. The van der Waals surface area contributed by atoms with E-state index in [1.165, 1.54) is 4.90 Å². The fourth-order valence-electron chi connectivity index (χ4n) is 1.20. The summed E-state index contributed by atoms with van der Waals surface area (Å²) >= 11 is 0. The second-order valence-corrected chi connectivity index (χ2v) is 4.09. The number of nitrogens with zero attached hydrogens (tertiary/aromatic N) is 1. The van der Waals surface area contributed by atoms with Crippen LogP contribution in [0.25, 0.3) is 0 Å². The van der Waals surface area contributed by atoms with Gasteiger partial charge in [-0.3, -0.25) is 9.59 Å². The lowest BCUT2D eigenvalue weighted by Gasteiger charge is -2.11. The molecule has 0 unspecified atom stereocenters. The zero-order chi connectivity index (χ0) is 14.3. The molecule has 0 radical (unpaired) electrons. The first-order valence-corrected chi connectivity index (χ1v) is 5.84. The average molecular weight is 266 g/mol. The van der Waals surface area contributed by atoms with Crippen LogP contribution in [0, 0.1) is 0 Å². The van der Waals surface area contributed by atoms with Crippen LogP contribution in [-0.2, 0) is 14.3 Å². The number of carbonyl (C=O) groups excluding carboxylic acids is 2. The second kappa shape index (κ2) is 7.25. The van der Waals surface area contributed by atoms with Crippen molar-refractivity contribution in [3.63, 3.8) is 0 Å². The molecule has 104 valence electrons. The predicted octanol–water partition coefficient (Wildman–Crippen LogP) is 0.669. The molecule has 2 N–H and O–H groups in total. The van der Waals surface area contributed by atoms with Crippen molar-refractivity contribution in [1.29, 1.82) is 0 Å². The molecule has 0 saturated carbocycles. The van der Waals surface area contributed by atoms with Crippen molar-refractivity contribution in [2.45, 2.75) is 6.42 Å². The minimum absolute atomic E-state index is 0.0645. The highest BCUT2D eigenvalue weighted by Crippen LogP contribution is 2.19. The summed E-state index contributed by atoms with van der Waals surface area (Å²) in [5, 5.41) is 0. The van der Waals surface area contributed by atoms with Crippen LogP contribution < -0.4 is 10.5 Å². The summed E-state index contributed by atoms with van der Waals surface area (Å²) in [6.45, 7) is -0.0947. The minimum atomic E-state index is -0.482. The van der Waals surface area contributed by atoms with E-state index in [2.05, 4.69) is 0 Å². The lowest BCUT2D eigenvalue weighted by molar-refractivity contribution is -0.151. The van der Waals surface area contributed by atoms with Gasteiger partial charge >= 0.3 is 5.97 Å². The molecule has 1 aromatic rings. The van der Waals surface area contributed by atoms with Gasteiger partial charge in [-0.15, -0.1) is 0 Å². The third-order valence-electron chi connectivity index (χ3n) is 2.34. The Morgan fingerprint density at radius 2 is 1.95 bits per heavy atom. The summed E-state index contributed by atoms with van der Waals surface area (Å²) in [5.74, 6) is -0.217. The fourth-order valence-corrected chi connectivity index (χ4v) is 1.20. The maximum Gasteiger partial charge on any atom is 0.309 e. The summed E-state index contributed by atoms with van der Waals surface area (Å²) in [6, 6.07) is 7.02. The van der Waals surface area contributed by atoms with Crippen LogP contribution >= 0.6 is 0 Å². The van der Waals surface area contributed by atoms with Gasteiger partial charge in [0.05, 0.1) is 18.7 Å². The van der Waals surface area contributed by atoms with E-state index in [1.807, 2.05) is 0 Å². The van der Waals surface area contributed by atoms with E-state index in [9.17, 15) is 9.59 Å². The number of benzene rings is 1. The zero-order valence-corrected chi connectivity index (χ0v) is 11.1. The molecule has 0 bridgehead atoms. The summed E-state index contributed by atoms with van der Waals surface area (Å²) in [4.78, 5) is 23.9. The van der Waals surface area contributed by atoms with Crippen molar-refractivity contribution in [1.82, 2.24) is 4.90 Å². The number of hydrogen-bond acceptors (Lipinski definition) is 5. The van der Waals surface area contributed by atoms with Crippen molar-refractivity contribution >= 4 is 17.6 Å². The molecule has 0 aromatic heterocycles. The number of amides is 1. The van der Waals surface area contributed by atoms with E-state index in [-0.39, 0.29) is 25.5 Å². The van der Waals surface area contributed by atoms with Crippen LogP contribution in [0.5, 0.6) is 5.75 Å². The van der Waals surface area contributed by atoms with Gasteiger partial charge in [0.1, 0.15) is 5.75 Å². The van der Waals surface area contributed by atoms with E-state index in [0.717, 1.165) is 0 Å². The first-order chi connectivity index (χ1) is 9.00. The van der Waals surface area contributed by atoms with Crippen LogP contribution in [0.1, 0.15) is 6.42 Å². The number of esters is 1. The highest BCUT2D eigenvalue weighted by atomic mass is 16.5. The minimum Gasteiger partial charge on any atom is -0.491 e. The van der Waals surface area contributed by atoms with Gasteiger partial charge in [-0.25, -0.2) is 0 Å². The van der Waals surface area contributed by atoms with Gasteiger partial charge in [-0.05, 0) is 12.1 Å². The van der Waals surface area contributed by atoms with Crippen LogP contribution in [-0.4, -0.2) is 44.1 Å². The molecule has 19 heavy (non-hydrogen) atoms. The highest BCUT2D eigenvalue weighted by Gasteiger charge is 2.09. The second-order valence-electron chi connectivity index (χ2n) is 4.09. The van der Waals surface area contributed by atoms with Crippen molar-refractivity contribution in [2.24, 2.45) is 0 Å². The molecule has 1 aromatic carbocycles. The molecule has 1 rings (SSSR count). The smallest absolute Gasteiger partial charge is 0.309 e.